The molecule has 1 unspecified atom stereocenters. The van der Waals surface area contributed by atoms with Crippen molar-refractivity contribution in [2.24, 2.45) is 0 Å². The lowest BCUT2D eigenvalue weighted by Crippen LogP contribution is -2.51. The lowest BCUT2D eigenvalue weighted by molar-refractivity contribution is -0.131. The molecule has 1 amide bonds. The molecule has 0 saturated carbocycles. The van der Waals surface area contributed by atoms with Gasteiger partial charge in [-0.1, -0.05) is 60.2 Å². The SMILES string of the molecule is Cc1cccc(CN2CCC3(CC2)CC(c2ccccc2)C(=O)N3C)c1. The molecule has 1 spiro atoms. The summed E-state index contributed by atoms with van der Waals surface area (Å²) in [6.45, 7) is 5.29. The lowest BCUT2D eigenvalue weighted by Gasteiger charge is -2.43. The van der Waals surface area contributed by atoms with Crippen LogP contribution < -0.4 is 0 Å². The molecule has 2 fully saturated rings. The van der Waals surface area contributed by atoms with Crippen LogP contribution in [0.3, 0.4) is 0 Å². The number of hydrogen-bond donors (Lipinski definition) is 0. The molecule has 3 nitrogen and oxygen atoms in total. The van der Waals surface area contributed by atoms with Gasteiger partial charge in [0.05, 0.1) is 5.92 Å². The van der Waals surface area contributed by atoms with Gasteiger partial charge in [-0.2, -0.15) is 0 Å². The van der Waals surface area contributed by atoms with Crippen LogP contribution in [0, 0.1) is 6.92 Å². The Morgan fingerprint density at radius 2 is 1.77 bits per heavy atom. The molecule has 2 saturated heterocycles. The van der Waals surface area contributed by atoms with Crippen LogP contribution in [0.1, 0.15) is 41.9 Å². The number of carbonyl (C=O) groups is 1. The number of rotatable bonds is 3. The Morgan fingerprint density at radius 3 is 2.46 bits per heavy atom. The third kappa shape index (κ3) is 3.16. The van der Waals surface area contributed by atoms with E-state index >= 15 is 0 Å². The highest BCUT2D eigenvalue weighted by Gasteiger charge is 2.50. The number of carbonyl (C=O) groups excluding carboxylic acids is 1. The Bertz CT molecular complexity index is 778. The van der Waals surface area contributed by atoms with E-state index in [1.807, 2.05) is 25.2 Å². The Balaban J connectivity index is 1.44. The minimum atomic E-state index is 0.0320. The predicted molar refractivity (Wildman–Crippen MR) is 105 cm³/mol. The third-order valence-electron chi connectivity index (χ3n) is 6.40. The largest absolute Gasteiger partial charge is 0.339 e. The van der Waals surface area contributed by atoms with Gasteiger partial charge in [0, 0.05) is 32.2 Å². The Morgan fingerprint density at radius 1 is 1.04 bits per heavy atom. The van der Waals surface area contributed by atoms with Gasteiger partial charge in [-0.3, -0.25) is 9.69 Å². The van der Waals surface area contributed by atoms with E-state index in [4.69, 9.17) is 0 Å². The third-order valence-corrected chi connectivity index (χ3v) is 6.40. The van der Waals surface area contributed by atoms with Crippen molar-refractivity contribution in [3.05, 3.63) is 71.3 Å². The topological polar surface area (TPSA) is 23.6 Å². The minimum Gasteiger partial charge on any atom is -0.339 e. The van der Waals surface area contributed by atoms with Crippen LogP contribution in [0.4, 0.5) is 0 Å². The number of likely N-dealkylation sites (tertiary alicyclic amines) is 2. The first-order valence-electron chi connectivity index (χ1n) is 9.68. The maximum absolute atomic E-state index is 12.9. The molecule has 0 radical (unpaired) electrons. The molecule has 1 atom stereocenters. The lowest BCUT2D eigenvalue weighted by atomic mass is 9.81. The van der Waals surface area contributed by atoms with Gasteiger partial charge in [0.15, 0.2) is 0 Å². The molecule has 136 valence electrons. The van der Waals surface area contributed by atoms with E-state index in [0.717, 1.165) is 38.9 Å². The van der Waals surface area contributed by atoms with Crippen LogP contribution in [-0.4, -0.2) is 41.4 Å². The molecule has 4 rings (SSSR count). The maximum atomic E-state index is 12.9. The number of piperidine rings is 1. The van der Waals surface area contributed by atoms with Crippen LogP contribution in [0.15, 0.2) is 54.6 Å². The summed E-state index contributed by atoms with van der Waals surface area (Å²) in [6, 6.07) is 19.1. The minimum absolute atomic E-state index is 0.0320. The van der Waals surface area contributed by atoms with Crippen molar-refractivity contribution >= 4 is 5.91 Å². The molecule has 0 aliphatic carbocycles. The first-order valence-corrected chi connectivity index (χ1v) is 9.68. The molecule has 26 heavy (non-hydrogen) atoms. The highest BCUT2D eigenvalue weighted by atomic mass is 16.2. The van der Waals surface area contributed by atoms with E-state index in [0.29, 0.717) is 5.91 Å². The van der Waals surface area contributed by atoms with Gasteiger partial charge in [-0.15, -0.1) is 0 Å². The van der Waals surface area contributed by atoms with E-state index < -0.39 is 0 Å². The van der Waals surface area contributed by atoms with E-state index in [2.05, 4.69) is 53.1 Å². The van der Waals surface area contributed by atoms with Gasteiger partial charge >= 0.3 is 0 Å². The average Bonchev–Trinajstić information content (AvgIpc) is 2.90. The molecular formula is C23H28N2O. The van der Waals surface area contributed by atoms with Crippen molar-refractivity contribution < 1.29 is 4.79 Å². The zero-order chi connectivity index (χ0) is 18.1. The van der Waals surface area contributed by atoms with Crippen molar-refractivity contribution in [2.45, 2.75) is 44.2 Å². The van der Waals surface area contributed by atoms with Gasteiger partial charge in [-0.25, -0.2) is 0 Å². The Kier molecular flexibility index (Phi) is 4.58. The Hall–Kier alpha value is -2.13. The molecule has 0 aromatic heterocycles. The highest BCUT2D eigenvalue weighted by molar-refractivity contribution is 5.87. The standard InChI is InChI=1S/C23H28N2O/c1-18-7-6-8-19(15-18)17-25-13-11-23(12-14-25)16-21(22(26)24(23)2)20-9-4-3-5-10-20/h3-10,15,21H,11-14,16-17H2,1-2H3. The number of benzene rings is 2. The van der Waals surface area contributed by atoms with E-state index in [-0.39, 0.29) is 11.5 Å². The van der Waals surface area contributed by atoms with Gasteiger partial charge in [-0.05, 0) is 37.3 Å². The monoisotopic (exact) mass is 348 g/mol. The second-order valence-corrected chi connectivity index (χ2v) is 8.05. The zero-order valence-corrected chi connectivity index (χ0v) is 15.8. The van der Waals surface area contributed by atoms with Crippen LogP contribution in [-0.2, 0) is 11.3 Å². The summed E-state index contributed by atoms with van der Waals surface area (Å²) >= 11 is 0. The highest BCUT2D eigenvalue weighted by Crippen LogP contribution is 2.44. The normalized spacial score (nSPS) is 22.9. The summed E-state index contributed by atoms with van der Waals surface area (Å²) in [5.74, 6) is 0.327. The molecule has 2 aromatic carbocycles. The second kappa shape index (κ2) is 6.88. The van der Waals surface area contributed by atoms with Crippen LogP contribution in [0.25, 0.3) is 0 Å². The Labute approximate surface area is 156 Å². The van der Waals surface area contributed by atoms with Gasteiger partial charge in [0.2, 0.25) is 5.91 Å². The van der Waals surface area contributed by atoms with Crippen LogP contribution >= 0.6 is 0 Å². The molecular weight excluding hydrogens is 320 g/mol. The van der Waals surface area contributed by atoms with E-state index in [9.17, 15) is 4.79 Å². The summed E-state index contributed by atoms with van der Waals surface area (Å²) in [4.78, 5) is 17.5. The number of amides is 1. The zero-order valence-electron chi connectivity index (χ0n) is 15.8. The molecule has 2 heterocycles. The van der Waals surface area contributed by atoms with Gasteiger partial charge < -0.3 is 4.90 Å². The van der Waals surface area contributed by atoms with Crippen LogP contribution in [0.2, 0.25) is 0 Å². The quantitative estimate of drug-likeness (QED) is 0.838. The number of nitrogens with zero attached hydrogens (tertiary/aromatic N) is 2. The van der Waals surface area contributed by atoms with Crippen LogP contribution in [0.5, 0.6) is 0 Å². The molecule has 3 heteroatoms. The van der Waals surface area contributed by atoms with Crippen molar-refractivity contribution in [1.82, 2.24) is 9.80 Å². The molecule has 2 aliphatic rings. The fourth-order valence-corrected chi connectivity index (χ4v) is 4.75. The van der Waals surface area contributed by atoms with Crippen molar-refractivity contribution in [3.63, 3.8) is 0 Å². The summed E-state index contributed by atoms with van der Waals surface area (Å²) in [6.07, 6.45) is 3.11. The van der Waals surface area contributed by atoms with Gasteiger partial charge in [0.25, 0.3) is 0 Å². The van der Waals surface area contributed by atoms with E-state index in [1.54, 1.807) is 0 Å². The molecule has 0 N–H and O–H groups in total. The number of likely N-dealkylation sites (N-methyl/N-ethyl adjacent to an activating group) is 1. The first kappa shape index (κ1) is 17.3. The fraction of sp³-hybridized carbons (Fsp3) is 0.435. The molecule has 2 aromatic rings. The predicted octanol–water partition coefficient (Wildman–Crippen LogP) is 3.98. The summed E-state index contributed by atoms with van der Waals surface area (Å²) in [5, 5.41) is 0. The summed E-state index contributed by atoms with van der Waals surface area (Å²) < 4.78 is 0. The average molecular weight is 348 g/mol. The number of hydrogen-bond acceptors (Lipinski definition) is 2. The fourth-order valence-electron chi connectivity index (χ4n) is 4.75. The first-order chi connectivity index (χ1) is 12.6. The summed E-state index contributed by atoms with van der Waals surface area (Å²) in [5.41, 5.74) is 3.92. The number of aryl methyl sites for hydroxylation is 1. The van der Waals surface area contributed by atoms with Crippen molar-refractivity contribution in [3.8, 4) is 0 Å². The van der Waals surface area contributed by atoms with Gasteiger partial charge in [0.1, 0.15) is 0 Å². The van der Waals surface area contributed by atoms with Crippen molar-refractivity contribution in [1.29, 1.82) is 0 Å². The molecule has 2 aliphatic heterocycles. The smallest absolute Gasteiger partial charge is 0.230 e. The second-order valence-electron chi connectivity index (χ2n) is 8.05. The van der Waals surface area contributed by atoms with E-state index in [1.165, 1.54) is 16.7 Å². The maximum Gasteiger partial charge on any atom is 0.230 e. The molecule has 0 bridgehead atoms. The summed E-state index contributed by atoms with van der Waals surface area (Å²) in [7, 11) is 2.02. The van der Waals surface area contributed by atoms with Crippen molar-refractivity contribution in [2.75, 3.05) is 20.1 Å².